The maximum Gasteiger partial charge on any atom is 0.270 e. The van der Waals surface area contributed by atoms with Crippen LogP contribution in [0.1, 0.15) is 36.1 Å². The minimum atomic E-state index is -0.261. The molecule has 4 rings (SSSR count). The first-order valence-electron chi connectivity index (χ1n) is 8.76. The molecule has 136 valence electrons. The van der Waals surface area contributed by atoms with Crippen molar-refractivity contribution in [3.8, 4) is 11.3 Å². The third-order valence-corrected chi connectivity index (χ3v) is 4.33. The van der Waals surface area contributed by atoms with E-state index in [4.69, 9.17) is 0 Å². The Morgan fingerprint density at radius 1 is 1.22 bits per heavy atom. The van der Waals surface area contributed by atoms with Crippen LogP contribution >= 0.6 is 0 Å². The van der Waals surface area contributed by atoms with Gasteiger partial charge in [0.25, 0.3) is 11.7 Å². The summed E-state index contributed by atoms with van der Waals surface area (Å²) in [6, 6.07) is 13.1. The van der Waals surface area contributed by atoms with Gasteiger partial charge in [0.05, 0.1) is 17.4 Å². The van der Waals surface area contributed by atoms with Crippen molar-refractivity contribution in [1.82, 2.24) is 34.7 Å². The fourth-order valence-corrected chi connectivity index (χ4v) is 2.86. The number of hydrogen-bond acceptors (Lipinski definition) is 5. The van der Waals surface area contributed by atoms with Crippen molar-refractivity contribution < 1.29 is 4.79 Å². The van der Waals surface area contributed by atoms with Crippen LogP contribution in [0.25, 0.3) is 17.0 Å². The summed E-state index contributed by atoms with van der Waals surface area (Å²) in [6.45, 7) is 4.70. The Balaban J connectivity index is 1.67. The van der Waals surface area contributed by atoms with Gasteiger partial charge < -0.3 is 5.32 Å². The summed E-state index contributed by atoms with van der Waals surface area (Å²) < 4.78 is 3.27. The van der Waals surface area contributed by atoms with Crippen LogP contribution < -0.4 is 5.32 Å². The lowest BCUT2D eigenvalue weighted by atomic mass is 10.1. The molecular formula is C19H19N7O. The van der Waals surface area contributed by atoms with Crippen LogP contribution in [0, 0.1) is 0 Å². The molecule has 4 aromatic rings. The van der Waals surface area contributed by atoms with Gasteiger partial charge in [0.15, 0.2) is 0 Å². The van der Waals surface area contributed by atoms with Crippen molar-refractivity contribution >= 4 is 11.7 Å². The van der Waals surface area contributed by atoms with Gasteiger partial charge in [-0.25, -0.2) is 4.98 Å². The average molecular weight is 361 g/mol. The third-order valence-electron chi connectivity index (χ3n) is 4.33. The predicted octanol–water partition coefficient (Wildman–Crippen LogP) is 2.50. The topological polar surface area (TPSA) is 90.0 Å². The van der Waals surface area contributed by atoms with Crippen molar-refractivity contribution in [2.24, 2.45) is 0 Å². The smallest absolute Gasteiger partial charge is 0.270 e. The number of rotatable bonds is 5. The molecular weight excluding hydrogens is 342 g/mol. The lowest BCUT2D eigenvalue weighted by Crippen LogP contribution is -2.29. The zero-order valence-electron chi connectivity index (χ0n) is 15.1. The molecule has 0 aliphatic heterocycles. The van der Waals surface area contributed by atoms with Crippen molar-refractivity contribution in [1.29, 1.82) is 0 Å². The molecule has 0 spiro atoms. The maximum atomic E-state index is 12.9. The summed E-state index contributed by atoms with van der Waals surface area (Å²) in [4.78, 5) is 21.6. The molecule has 0 aliphatic rings. The van der Waals surface area contributed by atoms with Gasteiger partial charge in [-0.15, -0.1) is 0 Å². The van der Waals surface area contributed by atoms with E-state index in [1.165, 1.54) is 10.8 Å². The number of carbonyl (C=O) groups excluding carboxylic acids is 1. The number of nitrogens with zero attached hydrogens (tertiary/aromatic N) is 6. The molecule has 0 saturated heterocycles. The largest absolute Gasteiger partial charge is 0.343 e. The maximum absolute atomic E-state index is 12.9. The number of amides is 1. The van der Waals surface area contributed by atoms with Crippen molar-refractivity contribution in [2.45, 2.75) is 26.4 Å². The average Bonchev–Trinajstić information content (AvgIpc) is 3.37. The molecule has 0 fully saturated rings. The molecule has 3 heterocycles. The van der Waals surface area contributed by atoms with E-state index in [-0.39, 0.29) is 11.9 Å². The number of fused-ring (bicyclic) bond motifs is 1. The highest BCUT2D eigenvalue weighted by molar-refractivity contribution is 5.94. The van der Waals surface area contributed by atoms with Gasteiger partial charge in [-0.05, 0) is 26.0 Å². The van der Waals surface area contributed by atoms with Gasteiger partial charge in [0.2, 0.25) is 0 Å². The Labute approximate surface area is 155 Å². The normalized spacial score (nSPS) is 12.2. The quantitative estimate of drug-likeness (QED) is 0.590. The second kappa shape index (κ2) is 6.99. The standard InChI is InChI=1S/C19H19N7O/c1-3-25-10-9-15(24-25)13(2)22-18(27)17-11-16(14-7-5-4-6-8-14)23-19-20-12-21-26(17)19/h4-13H,3H2,1-2H3,(H,22,27)/t13-/m1/s1. The van der Waals surface area contributed by atoms with Crippen LogP contribution in [0.2, 0.25) is 0 Å². The predicted molar refractivity (Wildman–Crippen MR) is 100 cm³/mol. The highest BCUT2D eigenvalue weighted by Gasteiger charge is 2.19. The molecule has 1 N–H and O–H groups in total. The van der Waals surface area contributed by atoms with Crippen molar-refractivity contribution in [3.63, 3.8) is 0 Å². The minimum Gasteiger partial charge on any atom is -0.343 e. The Morgan fingerprint density at radius 3 is 2.78 bits per heavy atom. The van der Waals surface area contributed by atoms with Gasteiger partial charge in [-0.3, -0.25) is 9.48 Å². The third kappa shape index (κ3) is 3.29. The lowest BCUT2D eigenvalue weighted by Gasteiger charge is -2.13. The van der Waals surface area contributed by atoms with Gasteiger partial charge in [-0.2, -0.15) is 19.7 Å². The van der Waals surface area contributed by atoms with Crippen LogP contribution in [0.15, 0.2) is 55.0 Å². The van der Waals surface area contributed by atoms with E-state index in [9.17, 15) is 4.79 Å². The molecule has 0 bridgehead atoms. The molecule has 27 heavy (non-hydrogen) atoms. The van der Waals surface area contributed by atoms with Crippen molar-refractivity contribution in [3.05, 3.63) is 66.4 Å². The highest BCUT2D eigenvalue weighted by atomic mass is 16.2. The lowest BCUT2D eigenvalue weighted by molar-refractivity contribution is 0.0931. The molecule has 3 aromatic heterocycles. The van der Waals surface area contributed by atoms with E-state index in [1.807, 2.05) is 61.1 Å². The molecule has 1 amide bonds. The summed E-state index contributed by atoms with van der Waals surface area (Å²) in [7, 11) is 0. The Bertz CT molecular complexity index is 1080. The Hall–Kier alpha value is -3.55. The summed E-state index contributed by atoms with van der Waals surface area (Å²) in [5.74, 6) is 0.119. The van der Waals surface area contributed by atoms with Gasteiger partial charge >= 0.3 is 0 Å². The fraction of sp³-hybridized carbons (Fsp3) is 0.211. The minimum absolute atomic E-state index is 0.239. The van der Waals surface area contributed by atoms with E-state index < -0.39 is 0 Å². The Morgan fingerprint density at radius 2 is 2.04 bits per heavy atom. The zero-order valence-corrected chi connectivity index (χ0v) is 15.1. The number of carbonyl (C=O) groups is 1. The van der Waals surface area contributed by atoms with Crippen LogP contribution in [-0.2, 0) is 6.54 Å². The number of aryl methyl sites for hydroxylation is 1. The van der Waals surface area contributed by atoms with Crippen LogP contribution in [0.4, 0.5) is 0 Å². The first-order valence-corrected chi connectivity index (χ1v) is 8.76. The molecule has 8 heteroatoms. The summed E-state index contributed by atoms with van der Waals surface area (Å²) in [6.07, 6.45) is 3.29. The molecule has 0 saturated carbocycles. The summed E-state index contributed by atoms with van der Waals surface area (Å²) in [5.41, 5.74) is 2.76. The van der Waals surface area contributed by atoms with E-state index in [2.05, 4.69) is 25.5 Å². The molecule has 0 radical (unpaired) electrons. The van der Waals surface area contributed by atoms with E-state index >= 15 is 0 Å². The Kier molecular flexibility index (Phi) is 4.37. The number of aromatic nitrogens is 6. The molecule has 0 unspecified atom stereocenters. The van der Waals surface area contributed by atoms with Gasteiger partial charge in [-0.1, -0.05) is 30.3 Å². The number of nitrogens with one attached hydrogen (secondary N) is 1. The van der Waals surface area contributed by atoms with Crippen LogP contribution in [0.5, 0.6) is 0 Å². The molecule has 8 nitrogen and oxygen atoms in total. The number of benzene rings is 1. The second-order valence-electron chi connectivity index (χ2n) is 6.16. The van der Waals surface area contributed by atoms with Crippen molar-refractivity contribution in [2.75, 3.05) is 0 Å². The highest BCUT2D eigenvalue weighted by Crippen LogP contribution is 2.19. The second-order valence-corrected chi connectivity index (χ2v) is 6.16. The summed E-state index contributed by atoms with van der Waals surface area (Å²) >= 11 is 0. The first kappa shape index (κ1) is 16.9. The molecule has 1 aromatic carbocycles. The fourth-order valence-electron chi connectivity index (χ4n) is 2.86. The zero-order chi connectivity index (χ0) is 18.8. The number of hydrogen-bond donors (Lipinski definition) is 1. The SMILES string of the molecule is CCn1ccc([C@@H](C)NC(=O)c2cc(-c3ccccc3)nc3ncnn23)n1. The summed E-state index contributed by atoms with van der Waals surface area (Å²) in [5, 5.41) is 11.6. The van der Waals surface area contributed by atoms with E-state index in [1.54, 1.807) is 6.07 Å². The van der Waals surface area contributed by atoms with E-state index in [0.717, 1.165) is 17.8 Å². The molecule has 0 aliphatic carbocycles. The van der Waals surface area contributed by atoms with E-state index in [0.29, 0.717) is 17.2 Å². The van der Waals surface area contributed by atoms with Gasteiger partial charge in [0.1, 0.15) is 12.0 Å². The monoisotopic (exact) mass is 361 g/mol. The van der Waals surface area contributed by atoms with Gasteiger partial charge in [0, 0.05) is 18.3 Å². The molecule has 1 atom stereocenters. The van der Waals surface area contributed by atoms with Crippen LogP contribution in [-0.4, -0.2) is 35.3 Å². The van der Waals surface area contributed by atoms with Crippen LogP contribution in [0.3, 0.4) is 0 Å². The first-order chi connectivity index (χ1) is 13.2.